The Kier molecular flexibility index (Phi) is 4.89. The molecule has 0 aliphatic carbocycles. The van der Waals surface area contributed by atoms with Crippen LogP contribution in [-0.4, -0.2) is 23.6 Å². The predicted octanol–water partition coefficient (Wildman–Crippen LogP) is 4.48. The maximum atomic E-state index is 6.29. The number of halogens is 1. The second-order valence-corrected chi connectivity index (χ2v) is 7.68. The molecule has 0 saturated heterocycles. The van der Waals surface area contributed by atoms with Crippen molar-refractivity contribution < 1.29 is 0 Å². The summed E-state index contributed by atoms with van der Waals surface area (Å²) in [6.07, 6.45) is 1.01. The maximum Gasteiger partial charge on any atom is 0.137 e. The summed E-state index contributed by atoms with van der Waals surface area (Å²) in [5.74, 6) is 1.72. The number of anilines is 1. The van der Waals surface area contributed by atoms with Crippen molar-refractivity contribution in [1.82, 2.24) is 9.97 Å². The molecule has 0 atom stereocenters. The Bertz CT molecular complexity index is 603. The number of rotatable bonds is 4. The molecule has 2 heterocycles. The minimum absolute atomic E-state index is 0.110. The number of hydrogen-bond donors (Lipinski definition) is 0. The van der Waals surface area contributed by atoms with Crippen LogP contribution in [0.4, 0.5) is 5.82 Å². The van der Waals surface area contributed by atoms with Crippen LogP contribution in [-0.2, 0) is 11.8 Å². The van der Waals surface area contributed by atoms with Crippen LogP contribution in [0.25, 0.3) is 0 Å². The van der Waals surface area contributed by atoms with E-state index in [4.69, 9.17) is 16.6 Å². The zero-order valence-corrected chi connectivity index (χ0v) is 14.8. The molecule has 0 spiro atoms. The van der Waals surface area contributed by atoms with E-state index in [0.29, 0.717) is 5.15 Å². The zero-order valence-electron chi connectivity index (χ0n) is 13.3. The summed E-state index contributed by atoms with van der Waals surface area (Å²) >= 11 is 8.08. The summed E-state index contributed by atoms with van der Waals surface area (Å²) in [6.45, 7) is 9.19. The van der Waals surface area contributed by atoms with E-state index in [2.05, 4.69) is 55.2 Å². The van der Waals surface area contributed by atoms with Crippen LogP contribution < -0.4 is 4.90 Å². The van der Waals surface area contributed by atoms with Crippen molar-refractivity contribution in [3.05, 3.63) is 38.9 Å². The summed E-state index contributed by atoms with van der Waals surface area (Å²) in [7, 11) is 2.06. The average molecular weight is 324 g/mol. The molecular weight excluding hydrogens is 302 g/mol. The van der Waals surface area contributed by atoms with E-state index in [-0.39, 0.29) is 5.41 Å². The lowest BCUT2D eigenvalue weighted by atomic mass is 9.95. The molecule has 5 heteroatoms. The van der Waals surface area contributed by atoms with Crippen LogP contribution in [0.15, 0.2) is 17.5 Å². The van der Waals surface area contributed by atoms with Gasteiger partial charge in [-0.2, -0.15) is 0 Å². The second-order valence-electron chi connectivity index (χ2n) is 6.29. The number of nitrogens with zero attached hydrogens (tertiary/aromatic N) is 3. The molecule has 0 aromatic carbocycles. The average Bonchev–Trinajstić information content (AvgIpc) is 2.91. The molecule has 0 unspecified atom stereocenters. The Morgan fingerprint density at radius 3 is 2.57 bits per heavy atom. The summed E-state index contributed by atoms with van der Waals surface area (Å²) < 4.78 is 0. The van der Waals surface area contributed by atoms with E-state index in [9.17, 15) is 0 Å². The van der Waals surface area contributed by atoms with Gasteiger partial charge in [-0.3, -0.25) is 0 Å². The number of aromatic nitrogens is 2. The van der Waals surface area contributed by atoms with E-state index in [0.717, 1.165) is 30.2 Å². The molecule has 0 N–H and O–H groups in total. The molecule has 2 aromatic rings. The van der Waals surface area contributed by atoms with Gasteiger partial charge in [0.2, 0.25) is 0 Å². The molecule has 0 aliphatic heterocycles. The Morgan fingerprint density at radius 2 is 2.00 bits per heavy atom. The SMILES string of the molecule is Cc1c(Cl)nc(C(C)(C)C)nc1N(C)CCc1cccs1. The zero-order chi connectivity index (χ0) is 15.6. The van der Waals surface area contributed by atoms with Crippen molar-refractivity contribution in [1.29, 1.82) is 0 Å². The third-order valence-corrected chi connectivity index (χ3v) is 4.67. The molecule has 0 fully saturated rings. The minimum atomic E-state index is -0.110. The molecule has 0 radical (unpaired) electrons. The van der Waals surface area contributed by atoms with Gasteiger partial charge in [-0.1, -0.05) is 38.4 Å². The highest BCUT2D eigenvalue weighted by Gasteiger charge is 2.21. The molecule has 2 rings (SSSR count). The minimum Gasteiger partial charge on any atom is -0.359 e. The first kappa shape index (κ1) is 16.2. The number of thiophene rings is 1. The van der Waals surface area contributed by atoms with Crippen molar-refractivity contribution in [2.24, 2.45) is 0 Å². The fourth-order valence-corrected chi connectivity index (χ4v) is 2.89. The topological polar surface area (TPSA) is 29.0 Å². The fraction of sp³-hybridized carbons (Fsp3) is 0.500. The molecule has 0 bridgehead atoms. The van der Waals surface area contributed by atoms with E-state index < -0.39 is 0 Å². The lowest BCUT2D eigenvalue weighted by molar-refractivity contribution is 0.544. The van der Waals surface area contributed by atoms with E-state index in [1.807, 2.05) is 6.92 Å². The van der Waals surface area contributed by atoms with Crippen LogP contribution in [0, 0.1) is 6.92 Å². The summed E-state index contributed by atoms with van der Waals surface area (Å²) in [4.78, 5) is 12.7. The third-order valence-electron chi connectivity index (χ3n) is 3.37. The standard InChI is InChI=1S/C16H22ClN3S/c1-11-13(17)18-15(16(2,3)4)19-14(11)20(5)9-8-12-7-6-10-21-12/h6-7,10H,8-9H2,1-5H3. The Hall–Kier alpha value is -1.13. The Morgan fingerprint density at radius 1 is 1.29 bits per heavy atom. The van der Waals surface area contributed by atoms with Crippen LogP contribution in [0.1, 0.15) is 37.0 Å². The first-order valence-corrected chi connectivity index (χ1v) is 8.33. The Labute approximate surface area is 136 Å². The van der Waals surface area contributed by atoms with Crippen LogP contribution in [0.5, 0.6) is 0 Å². The molecule has 0 saturated carbocycles. The van der Waals surface area contributed by atoms with Gasteiger partial charge in [0.15, 0.2) is 0 Å². The van der Waals surface area contributed by atoms with E-state index in [1.165, 1.54) is 4.88 Å². The second kappa shape index (κ2) is 6.32. The van der Waals surface area contributed by atoms with E-state index in [1.54, 1.807) is 11.3 Å². The van der Waals surface area contributed by atoms with Gasteiger partial charge in [-0.25, -0.2) is 9.97 Å². The van der Waals surface area contributed by atoms with E-state index >= 15 is 0 Å². The van der Waals surface area contributed by atoms with Gasteiger partial charge in [0.05, 0.1) is 0 Å². The van der Waals surface area contributed by atoms with Gasteiger partial charge in [0.1, 0.15) is 16.8 Å². The molecule has 0 amide bonds. The lowest BCUT2D eigenvalue weighted by Gasteiger charge is -2.24. The summed E-state index contributed by atoms with van der Waals surface area (Å²) in [5.41, 5.74) is 0.832. The highest BCUT2D eigenvalue weighted by molar-refractivity contribution is 7.09. The molecule has 114 valence electrons. The van der Waals surface area contributed by atoms with Crippen molar-refractivity contribution in [3.63, 3.8) is 0 Å². The highest BCUT2D eigenvalue weighted by atomic mass is 35.5. The van der Waals surface area contributed by atoms with Gasteiger partial charge in [-0.05, 0) is 24.8 Å². The summed E-state index contributed by atoms with van der Waals surface area (Å²) in [5, 5.41) is 2.66. The molecule has 21 heavy (non-hydrogen) atoms. The quantitative estimate of drug-likeness (QED) is 0.777. The van der Waals surface area contributed by atoms with Crippen molar-refractivity contribution in [2.45, 2.75) is 39.5 Å². The predicted molar refractivity (Wildman–Crippen MR) is 91.8 cm³/mol. The highest BCUT2D eigenvalue weighted by Crippen LogP contribution is 2.28. The van der Waals surface area contributed by atoms with Gasteiger partial charge in [-0.15, -0.1) is 11.3 Å². The molecule has 3 nitrogen and oxygen atoms in total. The first-order valence-electron chi connectivity index (χ1n) is 7.07. The van der Waals surface area contributed by atoms with Crippen LogP contribution in [0.2, 0.25) is 5.15 Å². The normalized spacial score (nSPS) is 11.7. The van der Waals surface area contributed by atoms with Crippen molar-refractivity contribution >= 4 is 28.8 Å². The van der Waals surface area contributed by atoms with Crippen LogP contribution in [0.3, 0.4) is 0 Å². The van der Waals surface area contributed by atoms with Gasteiger partial charge < -0.3 is 4.90 Å². The van der Waals surface area contributed by atoms with Crippen molar-refractivity contribution in [2.75, 3.05) is 18.5 Å². The van der Waals surface area contributed by atoms with Crippen LogP contribution >= 0.6 is 22.9 Å². The third kappa shape index (κ3) is 3.95. The lowest BCUT2D eigenvalue weighted by Crippen LogP contribution is -2.25. The summed E-state index contributed by atoms with van der Waals surface area (Å²) in [6, 6.07) is 4.25. The van der Waals surface area contributed by atoms with Crippen molar-refractivity contribution in [3.8, 4) is 0 Å². The smallest absolute Gasteiger partial charge is 0.137 e. The largest absolute Gasteiger partial charge is 0.359 e. The maximum absolute atomic E-state index is 6.29. The molecular formula is C16H22ClN3S. The molecule has 2 aromatic heterocycles. The number of likely N-dealkylation sites (N-methyl/N-ethyl adjacent to an activating group) is 1. The number of hydrogen-bond acceptors (Lipinski definition) is 4. The van der Waals surface area contributed by atoms with Gasteiger partial charge in [0, 0.05) is 29.4 Å². The molecule has 0 aliphatic rings. The Balaban J connectivity index is 2.23. The monoisotopic (exact) mass is 323 g/mol. The van der Waals surface area contributed by atoms with Gasteiger partial charge in [0.25, 0.3) is 0 Å². The van der Waals surface area contributed by atoms with Gasteiger partial charge >= 0.3 is 0 Å². The fourth-order valence-electron chi connectivity index (χ4n) is 2.02. The first-order chi connectivity index (χ1) is 9.79.